The van der Waals surface area contributed by atoms with Crippen molar-refractivity contribution in [2.75, 3.05) is 14.2 Å². The lowest BCUT2D eigenvalue weighted by atomic mass is 9.71. The zero-order valence-corrected chi connectivity index (χ0v) is 40.5. The van der Waals surface area contributed by atoms with Crippen molar-refractivity contribution in [2.24, 2.45) is 0 Å². The second kappa shape index (κ2) is 18.9. The monoisotopic (exact) mass is 916 g/mol. The zero-order valence-electron chi connectivity index (χ0n) is 38.7. The molecule has 9 heteroatoms. The van der Waals surface area contributed by atoms with Gasteiger partial charge in [0.25, 0.3) is 0 Å². The first kappa shape index (κ1) is 46.1. The molecule has 0 bridgehead atoms. The minimum Gasteiger partial charge on any atom is -0.426 e. The standard InChI is InChI=1S/C57H58O7P2/c1-8-53(2,3)48-40-27-41-49(65(46-36-23-13-24-37-46)47-38-25-14-26-39-47)50(48)62-66-63-56(42-28-15-9-16-29-42,43-30-17-10-18-31-43)51-52(61-55(5,59-7)54(4,58-6)60-51)57(64-66,44-32-19-11-20-33-44)45-34-21-12-22-35-45/h9-41,51-52H,8H2,1-7H3/t51-,52-,54-,55-/m1/s1. The summed E-state index contributed by atoms with van der Waals surface area (Å²) < 4.78 is 51.6. The first-order chi connectivity index (χ1) is 32.0. The molecule has 0 spiro atoms. The Bertz CT molecular complexity index is 2440. The Morgan fingerprint density at radius 2 is 0.848 bits per heavy atom. The summed E-state index contributed by atoms with van der Waals surface area (Å²) in [5.41, 5.74) is 1.17. The molecular weight excluding hydrogens is 859 g/mol. The molecule has 0 aliphatic carbocycles. The van der Waals surface area contributed by atoms with Gasteiger partial charge >= 0.3 is 8.60 Å². The van der Waals surface area contributed by atoms with Crippen LogP contribution in [-0.4, -0.2) is 38.0 Å². The summed E-state index contributed by atoms with van der Waals surface area (Å²) in [5, 5.41) is 3.45. The summed E-state index contributed by atoms with van der Waals surface area (Å²) in [6.07, 6.45) is -1.06. The minimum atomic E-state index is -2.43. The lowest BCUT2D eigenvalue weighted by Crippen LogP contribution is -2.72. The largest absolute Gasteiger partial charge is 0.426 e. The molecule has 4 atom stereocenters. The third kappa shape index (κ3) is 8.04. The van der Waals surface area contributed by atoms with Crippen molar-refractivity contribution >= 4 is 32.4 Å². The number of hydrogen-bond acceptors (Lipinski definition) is 7. The van der Waals surface area contributed by atoms with Crippen LogP contribution < -0.4 is 20.4 Å². The van der Waals surface area contributed by atoms with E-state index in [2.05, 4.69) is 148 Å². The quantitative estimate of drug-likeness (QED) is 0.107. The predicted molar refractivity (Wildman–Crippen MR) is 266 cm³/mol. The van der Waals surface area contributed by atoms with Crippen LogP contribution in [0.4, 0.5) is 0 Å². The second-order valence-electron chi connectivity index (χ2n) is 17.7. The first-order valence-corrected chi connectivity index (χ1v) is 25.1. The average molecular weight is 917 g/mol. The summed E-state index contributed by atoms with van der Waals surface area (Å²) in [7, 11) is -0.342. The molecule has 2 saturated heterocycles. The molecule has 2 aliphatic rings. The number of ether oxygens (including phenoxy) is 4. The van der Waals surface area contributed by atoms with Crippen molar-refractivity contribution in [1.29, 1.82) is 0 Å². The molecule has 66 heavy (non-hydrogen) atoms. The Labute approximate surface area is 392 Å². The van der Waals surface area contributed by atoms with E-state index in [1.54, 1.807) is 14.2 Å². The van der Waals surface area contributed by atoms with E-state index in [1.165, 1.54) is 10.6 Å². The Morgan fingerprint density at radius 3 is 1.18 bits per heavy atom. The maximum Gasteiger partial charge on any atom is 0.399 e. The Morgan fingerprint density at radius 1 is 0.500 bits per heavy atom. The van der Waals surface area contributed by atoms with Gasteiger partial charge in [0.1, 0.15) is 18.0 Å². The van der Waals surface area contributed by atoms with Crippen molar-refractivity contribution in [3.8, 4) is 5.75 Å². The average Bonchev–Trinajstić information content (AvgIpc) is 3.49. The molecule has 2 fully saturated rings. The van der Waals surface area contributed by atoms with Crippen LogP contribution in [0.5, 0.6) is 5.75 Å². The number of methoxy groups -OCH3 is 2. The number of benzene rings is 7. The van der Waals surface area contributed by atoms with E-state index in [1.807, 2.05) is 86.6 Å². The lowest BCUT2D eigenvalue weighted by Gasteiger charge is -2.57. The molecule has 9 rings (SSSR count). The number of rotatable bonds is 13. The number of para-hydroxylation sites is 1. The highest BCUT2D eigenvalue weighted by Gasteiger charge is 2.70. The van der Waals surface area contributed by atoms with Crippen LogP contribution in [0.1, 0.15) is 68.9 Å². The van der Waals surface area contributed by atoms with Crippen molar-refractivity contribution in [2.45, 2.75) is 81.4 Å². The van der Waals surface area contributed by atoms with Gasteiger partial charge in [-0.1, -0.05) is 221 Å². The fraction of sp³-hybridized carbons (Fsp3) is 0.263. The molecule has 0 radical (unpaired) electrons. The first-order valence-electron chi connectivity index (χ1n) is 22.6. The van der Waals surface area contributed by atoms with Gasteiger partial charge in [-0.3, -0.25) is 9.05 Å². The topological polar surface area (TPSA) is 64.6 Å². The van der Waals surface area contributed by atoms with Gasteiger partial charge in [-0.25, -0.2) is 0 Å². The summed E-state index contributed by atoms with van der Waals surface area (Å²) in [4.78, 5) is 0. The van der Waals surface area contributed by atoms with E-state index in [9.17, 15) is 0 Å². The molecule has 7 aromatic carbocycles. The molecule has 7 aromatic rings. The number of fused-ring (bicyclic) bond motifs is 1. The lowest BCUT2D eigenvalue weighted by molar-refractivity contribution is -0.465. The third-order valence-corrected chi connectivity index (χ3v) is 17.3. The molecule has 0 unspecified atom stereocenters. The van der Waals surface area contributed by atoms with Gasteiger partial charge in [0, 0.05) is 25.1 Å². The Hall–Kier alpha value is -5.04. The van der Waals surface area contributed by atoms with Crippen molar-refractivity contribution < 1.29 is 32.5 Å². The molecule has 0 N–H and O–H groups in total. The van der Waals surface area contributed by atoms with Gasteiger partial charge in [-0.2, -0.15) is 0 Å². The molecule has 7 nitrogen and oxygen atoms in total. The van der Waals surface area contributed by atoms with Crippen LogP contribution in [0.25, 0.3) is 0 Å². The van der Waals surface area contributed by atoms with Gasteiger partial charge in [0.05, 0.1) is 0 Å². The van der Waals surface area contributed by atoms with Crippen molar-refractivity contribution in [1.82, 2.24) is 0 Å². The van der Waals surface area contributed by atoms with Gasteiger partial charge in [-0.15, -0.1) is 0 Å². The van der Waals surface area contributed by atoms with Crippen LogP contribution in [0, 0.1) is 0 Å². The second-order valence-corrected chi connectivity index (χ2v) is 20.9. The smallest absolute Gasteiger partial charge is 0.399 e. The van der Waals surface area contributed by atoms with Crippen LogP contribution in [0.15, 0.2) is 200 Å². The predicted octanol–water partition coefficient (Wildman–Crippen LogP) is 12.2. The van der Waals surface area contributed by atoms with Crippen LogP contribution in [0.3, 0.4) is 0 Å². The molecule has 338 valence electrons. The number of hydrogen-bond donors (Lipinski definition) is 0. The van der Waals surface area contributed by atoms with Crippen LogP contribution in [-0.2, 0) is 44.6 Å². The molecule has 0 amide bonds. The van der Waals surface area contributed by atoms with Gasteiger partial charge in [0.15, 0.2) is 11.2 Å². The molecule has 2 heterocycles. The van der Waals surface area contributed by atoms with E-state index in [0.29, 0.717) is 0 Å². The molecule has 2 aliphatic heterocycles. The molecular formula is C57H58O7P2. The third-order valence-electron chi connectivity index (χ3n) is 13.7. The van der Waals surface area contributed by atoms with Crippen LogP contribution in [0.2, 0.25) is 0 Å². The minimum absolute atomic E-state index is 0.312. The van der Waals surface area contributed by atoms with Gasteiger partial charge < -0.3 is 23.5 Å². The van der Waals surface area contributed by atoms with Gasteiger partial charge in [0.2, 0.25) is 11.6 Å². The van der Waals surface area contributed by atoms with Crippen molar-refractivity contribution in [3.63, 3.8) is 0 Å². The van der Waals surface area contributed by atoms with E-state index < -0.39 is 51.5 Å². The van der Waals surface area contributed by atoms with Crippen LogP contribution >= 0.6 is 16.5 Å². The van der Waals surface area contributed by atoms with E-state index in [4.69, 9.17) is 32.5 Å². The molecule has 0 saturated carbocycles. The Balaban J connectivity index is 1.39. The SMILES string of the molecule is CCC(C)(C)c1cccc(P(c2ccccc2)c2ccccc2)c1OP1OC(c2ccccc2)(c2ccccc2)[C@@H]2O[C@@](C)(OC)[C@](C)(OC)O[C@H]2C(c2ccccc2)(c2ccccc2)O1. The highest BCUT2D eigenvalue weighted by atomic mass is 31.2. The highest BCUT2D eigenvalue weighted by molar-refractivity contribution is 7.80. The summed E-state index contributed by atoms with van der Waals surface area (Å²) >= 11 is 0. The summed E-state index contributed by atoms with van der Waals surface area (Å²) in [5.74, 6) is -2.16. The van der Waals surface area contributed by atoms with Crippen molar-refractivity contribution in [3.05, 3.63) is 228 Å². The maximum absolute atomic E-state index is 7.96. The van der Waals surface area contributed by atoms with E-state index in [0.717, 1.165) is 45.3 Å². The zero-order chi connectivity index (χ0) is 46.0. The molecule has 0 aromatic heterocycles. The summed E-state index contributed by atoms with van der Waals surface area (Å²) in [6.45, 7) is 10.5. The maximum atomic E-state index is 7.96. The van der Waals surface area contributed by atoms with Gasteiger partial charge in [-0.05, 0) is 66.5 Å². The summed E-state index contributed by atoms with van der Waals surface area (Å²) in [6, 6.07) is 68.9. The normalized spacial score (nSPS) is 22.8. The fourth-order valence-corrected chi connectivity index (χ4v) is 13.4. The Kier molecular flexibility index (Phi) is 13.2. The fourth-order valence-electron chi connectivity index (χ4n) is 9.40. The van der Waals surface area contributed by atoms with E-state index in [-0.39, 0.29) is 5.41 Å². The highest BCUT2D eigenvalue weighted by Crippen LogP contribution is 2.65. The van der Waals surface area contributed by atoms with E-state index >= 15 is 0 Å².